The van der Waals surface area contributed by atoms with Gasteiger partial charge in [-0.2, -0.15) is 17.0 Å². The Labute approximate surface area is 128 Å². The number of nitrogens with zero attached hydrogens (tertiary/aromatic N) is 3. The fraction of sp³-hybridized carbons (Fsp3) is 0.462. The van der Waals surface area contributed by atoms with Crippen LogP contribution in [0, 0.1) is 0 Å². The maximum Gasteiger partial charge on any atom is 0.282 e. The van der Waals surface area contributed by atoms with Crippen molar-refractivity contribution in [3.05, 3.63) is 29.0 Å². The molecule has 1 aliphatic heterocycles. The lowest BCUT2D eigenvalue weighted by Crippen LogP contribution is -2.49. The summed E-state index contributed by atoms with van der Waals surface area (Å²) < 4.78 is 27.6. The molecule has 0 aliphatic carbocycles. The smallest absolute Gasteiger partial charge is 0.282 e. The van der Waals surface area contributed by atoms with Crippen LogP contribution in [0.25, 0.3) is 11.0 Å². The Morgan fingerprint density at radius 2 is 2.14 bits per heavy atom. The molecule has 0 unspecified atom stereocenters. The summed E-state index contributed by atoms with van der Waals surface area (Å²) in [6, 6.07) is 4.99. The standard InChI is InChI=1S/C13H17ClN4O2S/c1-9(17(2)21(19,20)18-6-3-7-18)13-15-11-5-4-10(14)8-12(11)16-13/h4-5,8-9H,3,6-7H2,1-2H3,(H,15,16)/t9-/m0/s1. The third-order valence-electron chi connectivity index (χ3n) is 3.91. The Hall–Kier alpha value is -1.15. The average molecular weight is 329 g/mol. The van der Waals surface area contributed by atoms with Gasteiger partial charge in [-0.25, -0.2) is 4.98 Å². The molecule has 1 fully saturated rings. The van der Waals surface area contributed by atoms with Crippen LogP contribution < -0.4 is 0 Å². The first-order valence-corrected chi connectivity index (χ1v) is 8.55. The van der Waals surface area contributed by atoms with Crippen molar-refractivity contribution in [2.45, 2.75) is 19.4 Å². The van der Waals surface area contributed by atoms with Crippen LogP contribution in [-0.2, 0) is 10.2 Å². The van der Waals surface area contributed by atoms with Gasteiger partial charge in [0, 0.05) is 25.2 Å². The van der Waals surface area contributed by atoms with Crippen LogP contribution in [0.3, 0.4) is 0 Å². The summed E-state index contributed by atoms with van der Waals surface area (Å²) in [5, 5.41) is 0.618. The fourth-order valence-corrected chi connectivity index (χ4v) is 4.03. The number of rotatable bonds is 4. The largest absolute Gasteiger partial charge is 0.341 e. The summed E-state index contributed by atoms with van der Waals surface area (Å²) in [6.07, 6.45) is 0.921. The molecule has 0 spiro atoms. The van der Waals surface area contributed by atoms with Crippen molar-refractivity contribution < 1.29 is 8.42 Å². The zero-order chi connectivity index (χ0) is 15.2. The molecule has 1 atom stereocenters. The molecule has 0 radical (unpaired) electrons. The number of nitrogens with one attached hydrogen (secondary N) is 1. The van der Waals surface area contributed by atoms with E-state index in [2.05, 4.69) is 9.97 Å². The highest BCUT2D eigenvalue weighted by atomic mass is 35.5. The van der Waals surface area contributed by atoms with Crippen LogP contribution in [0.1, 0.15) is 25.2 Å². The van der Waals surface area contributed by atoms with E-state index in [1.807, 2.05) is 13.0 Å². The van der Waals surface area contributed by atoms with Gasteiger partial charge in [-0.3, -0.25) is 0 Å². The number of halogens is 1. The first kappa shape index (κ1) is 14.8. The maximum atomic E-state index is 12.4. The van der Waals surface area contributed by atoms with Gasteiger partial charge in [-0.1, -0.05) is 11.6 Å². The van der Waals surface area contributed by atoms with Gasteiger partial charge in [0.2, 0.25) is 0 Å². The molecule has 21 heavy (non-hydrogen) atoms. The van der Waals surface area contributed by atoms with Gasteiger partial charge in [-0.15, -0.1) is 0 Å². The second-order valence-electron chi connectivity index (χ2n) is 5.24. The van der Waals surface area contributed by atoms with Gasteiger partial charge in [0.15, 0.2) is 0 Å². The van der Waals surface area contributed by atoms with E-state index in [9.17, 15) is 8.42 Å². The van der Waals surface area contributed by atoms with Crippen LogP contribution in [0.2, 0.25) is 5.02 Å². The van der Waals surface area contributed by atoms with E-state index >= 15 is 0 Å². The molecule has 0 bridgehead atoms. The lowest BCUT2D eigenvalue weighted by molar-refractivity contribution is 0.266. The third-order valence-corrected chi connectivity index (χ3v) is 6.21. The molecule has 1 aliphatic rings. The molecule has 0 amide bonds. The van der Waals surface area contributed by atoms with E-state index in [0.717, 1.165) is 17.5 Å². The first-order valence-electron chi connectivity index (χ1n) is 6.78. The molecule has 1 aromatic heterocycles. The zero-order valence-corrected chi connectivity index (χ0v) is 13.4. The number of benzene rings is 1. The average Bonchev–Trinajstić information content (AvgIpc) is 2.77. The van der Waals surface area contributed by atoms with E-state index in [1.165, 1.54) is 8.61 Å². The second kappa shape index (κ2) is 5.24. The van der Waals surface area contributed by atoms with E-state index in [1.54, 1.807) is 19.2 Å². The van der Waals surface area contributed by atoms with Gasteiger partial charge in [-0.05, 0) is 31.5 Å². The number of aromatic amines is 1. The number of fused-ring (bicyclic) bond motifs is 1. The van der Waals surface area contributed by atoms with Gasteiger partial charge in [0.05, 0.1) is 17.1 Å². The monoisotopic (exact) mass is 328 g/mol. The molecule has 1 aromatic carbocycles. The van der Waals surface area contributed by atoms with Crippen molar-refractivity contribution in [3.63, 3.8) is 0 Å². The lowest BCUT2D eigenvalue weighted by Gasteiger charge is -2.35. The van der Waals surface area contributed by atoms with Crippen LogP contribution in [0.15, 0.2) is 18.2 Å². The fourth-order valence-electron chi connectivity index (χ4n) is 2.27. The molecule has 2 aromatic rings. The Morgan fingerprint density at radius 1 is 1.43 bits per heavy atom. The van der Waals surface area contributed by atoms with Crippen molar-refractivity contribution in [1.29, 1.82) is 0 Å². The summed E-state index contributed by atoms with van der Waals surface area (Å²) in [4.78, 5) is 7.60. The Bertz CT molecular complexity index is 770. The summed E-state index contributed by atoms with van der Waals surface area (Å²) in [7, 11) is -1.83. The van der Waals surface area contributed by atoms with Gasteiger partial charge >= 0.3 is 0 Å². The van der Waals surface area contributed by atoms with Crippen molar-refractivity contribution in [2.75, 3.05) is 20.1 Å². The van der Waals surface area contributed by atoms with Gasteiger partial charge in [0.25, 0.3) is 10.2 Å². The molecule has 8 heteroatoms. The first-order chi connectivity index (χ1) is 9.89. The maximum absolute atomic E-state index is 12.4. The predicted molar refractivity (Wildman–Crippen MR) is 82.4 cm³/mol. The molecular formula is C13H17ClN4O2S. The highest BCUT2D eigenvalue weighted by Crippen LogP contribution is 2.26. The Morgan fingerprint density at radius 3 is 2.76 bits per heavy atom. The predicted octanol–water partition coefficient (Wildman–Crippen LogP) is 2.16. The lowest BCUT2D eigenvalue weighted by atomic mass is 10.3. The van der Waals surface area contributed by atoms with Crippen LogP contribution >= 0.6 is 11.6 Å². The number of aromatic nitrogens is 2. The summed E-state index contributed by atoms with van der Waals surface area (Å²) in [5.74, 6) is 0.610. The molecular weight excluding hydrogens is 312 g/mol. The Balaban J connectivity index is 1.90. The minimum atomic E-state index is -3.41. The van der Waals surface area contributed by atoms with Crippen molar-refractivity contribution in [2.24, 2.45) is 0 Å². The normalized spacial score (nSPS) is 18.1. The molecule has 2 heterocycles. The van der Waals surface area contributed by atoms with E-state index in [0.29, 0.717) is 23.9 Å². The van der Waals surface area contributed by atoms with E-state index in [-0.39, 0.29) is 6.04 Å². The summed E-state index contributed by atoms with van der Waals surface area (Å²) in [6.45, 7) is 3.00. The molecule has 3 rings (SSSR count). The van der Waals surface area contributed by atoms with Crippen LogP contribution in [0.4, 0.5) is 0 Å². The molecule has 6 nitrogen and oxygen atoms in total. The zero-order valence-electron chi connectivity index (χ0n) is 11.9. The topological polar surface area (TPSA) is 69.3 Å². The number of imidazole rings is 1. The van der Waals surface area contributed by atoms with E-state index < -0.39 is 10.2 Å². The quantitative estimate of drug-likeness (QED) is 0.935. The van der Waals surface area contributed by atoms with Crippen LogP contribution in [-0.4, -0.2) is 47.1 Å². The summed E-state index contributed by atoms with van der Waals surface area (Å²) in [5.41, 5.74) is 1.58. The van der Waals surface area contributed by atoms with Crippen molar-refractivity contribution in [3.8, 4) is 0 Å². The molecule has 0 saturated carbocycles. The summed E-state index contributed by atoms with van der Waals surface area (Å²) >= 11 is 5.95. The number of H-pyrrole nitrogens is 1. The van der Waals surface area contributed by atoms with E-state index in [4.69, 9.17) is 11.6 Å². The number of hydrogen-bond acceptors (Lipinski definition) is 3. The third kappa shape index (κ3) is 2.55. The minimum absolute atomic E-state index is 0.373. The second-order valence-corrected chi connectivity index (χ2v) is 7.66. The molecule has 1 saturated heterocycles. The Kier molecular flexibility index (Phi) is 3.69. The van der Waals surface area contributed by atoms with Gasteiger partial charge < -0.3 is 4.98 Å². The van der Waals surface area contributed by atoms with Crippen molar-refractivity contribution >= 4 is 32.8 Å². The van der Waals surface area contributed by atoms with Crippen molar-refractivity contribution in [1.82, 2.24) is 18.6 Å². The van der Waals surface area contributed by atoms with Crippen LogP contribution in [0.5, 0.6) is 0 Å². The highest BCUT2D eigenvalue weighted by molar-refractivity contribution is 7.86. The highest BCUT2D eigenvalue weighted by Gasteiger charge is 2.35. The number of hydrogen-bond donors (Lipinski definition) is 1. The molecule has 1 N–H and O–H groups in total. The minimum Gasteiger partial charge on any atom is -0.341 e. The molecule has 114 valence electrons. The SMILES string of the molecule is C[C@@H](c1nc2ccc(Cl)cc2[nH]1)N(C)S(=O)(=O)N1CCC1. The van der Waals surface area contributed by atoms with Gasteiger partial charge in [0.1, 0.15) is 5.82 Å².